The van der Waals surface area contributed by atoms with Crippen molar-refractivity contribution < 1.29 is 22.7 Å². The Morgan fingerprint density at radius 2 is 1.67 bits per heavy atom. The Balaban J connectivity index is 1.94. The van der Waals surface area contributed by atoms with Crippen molar-refractivity contribution in [3.63, 3.8) is 0 Å². The number of amides is 2. The SMILES string of the molecule is Cc1cc(C)cc(N(CC(=O)N/N=C\c2ccc(OCC(=O)NC(C)C)cc2)S(C)(=O)=O)c1. The summed E-state index contributed by atoms with van der Waals surface area (Å²) >= 11 is 0. The number of ether oxygens (including phenoxy) is 1. The number of hydrogen-bond acceptors (Lipinski definition) is 6. The lowest BCUT2D eigenvalue weighted by Gasteiger charge is -2.22. The second kappa shape index (κ2) is 11.5. The maximum atomic E-state index is 12.3. The first-order valence-electron chi connectivity index (χ1n) is 10.3. The summed E-state index contributed by atoms with van der Waals surface area (Å²) in [6.45, 7) is 6.97. The minimum absolute atomic E-state index is 0.0420. The van der Waals surface area contributed by atoms with Gasteiger partial charge in [-0.2, -0.15) is 5.10 Å². The van der Waals surface area contributed by atoms with Crippen molar-refractivity contribution in [3.05, 3.63) is 59.2 Å². The van der Waals surface area contributed by atoms with Gasteiger partial charge < -0.3 is 10.1 Å². The van der Waals surface area contributed by atoms with Crippen LogP contribution in [0.15, 0.2) is 47.6 Å². The van der Waals surface area contributed by atoms with E-state index < -0.39 is 22.5 Å². The maximum Gasteiger partial charge on any atom is 0.260 e. The van der Waals surface area contributed by atoms with Crippen LogP contribution in [0.25, 0.3) is 0 Å². The summed E-state index contributed by atoms with van der Waals surface area (Å²) in [6.07, 6.45) is 2.48. The molecule has 2 amide bonds. The molecule has 33 heavy (non-hydrogen) atoms. The molecule has 2 aromatic carbocycles. The van der Waals surface area contributed by atoms with Gasteiger partial charge in [0.25, 0.3) is 11.8 Å². The van der Waals surface area contributed by atoms with Crippen molar-refractivity contribution >= 4 is 33.7 Å². The van der Waals surface area contributed by atoms with Crippen LogP contribution in [0, 0.1) is 13.8 Å². The summed E-state index contributed by atoms with van der Waals surface area (Å²) in [5.41, 5.74) is 5.24. The topological polar surface area (TPSA) is 117 Å². The van der Waals surface area contributed by atoms with Crippen LogP contribution in [0.1, 0.15) is 30.5 Å². The van der Waals surface area contributed by atoms with Gasteiger partial charge in [0.1, 0.15) is 12.3 Å². The Bertz CT molecular complexity index is 1090. The molecule has 0 unspecified atom stereocenters. The van der Waals surface area contributed by atoms with Crippen molar-refractivity contribution in [1.29, 1.82) is 0 Å². The fourth-order valence-electron chi connectivity index (χ4n) is 3.00. The normalized spacial score (nSPS) is 11.5. The monoisotopic (exact) mass is 474 g/mol. The highest BCUT2D eigenvalue weighted by atomic mass is 32.2. The molecule has 10 heteroatoms. The lowest BCUT2D eigenvalue weighted by atomic mass is 10.1. The summed E-state index contributed by atoms with van der Waals surface area (Å²) in [7, 11) is -3.67. The van der Waals surface area contributed by atoms with Crippen LogP contribution in [-0.2, 0) is 19.6 Å². The predicted molar refractivity (Wildman–Crippen MR) is 129 cm³/mol. The van der Waals surface area contributed by atoms with E-state index in [0.29, 0.717) is 17.0 Å². The lowest BCUT2D eigenvalue weighted by molar-refractivity contribution is -0.123. The van der Waals surface area contributed by atoms with Crippen LogP contribution in [-0.4, -0.2) is 51.9 Å². The number of benzene rings is 2. The molecule has 0 heterocycles. The molecule has 2 aromatic rings. The number of hydrogen-bond donors (Lipinski definition) is 2. The van der Waals surface area contributed by atoms with E-state index in [0.717, 1.165) is 21.7 Å². The molecule has 0 aromatic heterocycles. The molecule has 2 rings (SSSR count). The average Bonchev–Trinajstić information content (AvgIpc) is 2.69. The highest BCUT2D eigenvalue weighted by molar-refractivity contribution is 7.92. The minimum Gasteiger partial charge on any atom is -0.484 e. The predicted octanol–water partition coefficient (Wildman–Crippen LogP) is 2.12. The van der Waals surface area contributed by atoms with E-state index in [2.05, 4.69) is 15.8 Å². The molecule has 0 aliphatic heterocycles. The van der Waals surface area contributed by atoms with Crippen LogP contribution in [0.2, 0.25) is 0 Å². The van der Waals surface area contributed by atoms with Gasteiger partial charge in [-0.1, -0.05) is 6.07 Å². The molecule has 0 bridgehead atoms. The Labute approximate surface area is 194 Å². The van der Waals surface area contributed by atoms with Gasteiger partial charge in [0.05, 0.1) is 18.2 Å². The van der Waals surface area contributed by atoms with Crippen LogP contribution >= 0.6 is 0 Å². The van der Waals surface area contributed by atoms with Gasteiger partial charge in [-0.05, 0) is 80.8 Å². The zero-order valence-corrected chi connectivity index (χ0v) is 20.3. The molecular weight excluding hydrogens is 444 g/mol. The van der Waals surface area contributed by atoms with Gasteiger partial charge >= 0.3 is 0 Å². The second-order valence-electron chi connectivity index (χ2n) is 7.99. The summed E-state index contributed by atoms with van der Waals surface area (Å²) in [4.78, 5) is 23.9. The number of anilines is 1. The summed E-state index contributed by atoms with van der Waals surface area (Å²) in [6, 6.07) is 12.2. The van der Waals surface area contributed by atoms with Crippen molar-refractivity contribution in [3.8, 4) is 5.75 Å². The third-order valence-corrected chi connectivity index (χ3v) is 5.43. The van der Waals surface area contributed by atoms with E-state index in [1.54, 1.807) is 36.4 Å². The van der Waals surface area contributed by atoms with Crippen molar-refractivity contribution in [2.75, 3.05) is 23.7 Å². The maximum absolute atomic E-state index is 12.3. The van der Waals surface area contributed by atoms with E-state index in [1.807, 2.05) is 33.8 Å². The van der Waals surface area contributed by atoms with Crippen molar-refractivity contribution in [2.24, 2.45) is 5.10 Å². The molecule has 0 saturated heterocycles. The molecular formula is C23H30N4O5S. The average molecular weight is 475 g/mol. The molecule has 178 valence electrons. The van der Waals surface area contributed by atoms with Crippen LogP contribution in [0.5, 0.6) is 5.75 Å². The van der Waals surface area contributed by atoms with Crippen molar-refractivity contribution in [1.82, 2.24) is 10.7 Å². The standard InChI is InChI=1S/C23H30N4O5S/c1-16(2)25-23(29)15-32-21-8-6-19(7-9-21)13-24-26-22(28)14-27(33(5,30)31)20-11-17(3)10-18(4)12-20/h6-13,16H,14-15H2,1-5H3,(H,25,29)(H,26,28)/b24-13-. The Morgan fingerprint density at radius 3 is 2.21 bits per heavy atom. The molecule has 2 N–H and O–H groups in total. The summed E-state index contributed by atoms with van der Waals surface area (Å²) in [5, 5.41) is 6.63. The molecule has 0 saturated carbocycles. The number of rotatable bonds is 10. The highest BCUT2D eigenvalue weighted by Crippen LogP contribution is 2.21. The van der Waals surface area contributed by atoms with Crippen LogP contribution in [0.3, 0.4) is 0 Å². The Hall–Kier alpha value is -3.40. The van der Waals surface area contributed by atoms with Gasteiger partial charge in [-0.25, -0.2) is 13.8 Å². The number of aryl methyl sites for hydroxylation is 2. The first-order valence-corrected chi connectivity index (χ1v) is 12.2. The van der Waals surface area contributed by atoms with Gasteiger partial charge in [-0.15, -0.1) is 0 Å². The van der Waals surface area contributed by atoms with Crippen LogP contribution in [0.4, 0.5) is 5.69 Å². The molecule has 0 aliphatic carbocycles. The summed E-state index contributed by atoms with van der Waals surface area (Å²) in [5.74, 6) is -0.262. The number of hydrazone groups is 1. The van der Waals surface area contributed by atoms with Gasteiger partial charge in [0.2, 0.25) is 10.0 Å². The lowest BCUT2D eigenvalue weighted by Crippen LogP contribution is -2.39. The first kappa shape index (κ1) is 25.9. The minimum atomic E-state index is -3.67. The molecule has 0 spiro atoms. The van der Waals surface area contributed by atoms with E-state index in [9.17, 15) is 18.0 Å². The fourth-order valence-corrected chi connectivity index (χ4v) is 3.84. The number of carbonyl (C=O) groups excluding carboxylic acids is 2. The zero-order chi connectivity index (χ0) is 24.6. The molecule has 0 aliphatic rings. The van der Waals surface area contributed by atoms with Gasteiger partial charge in [0, 0.05) is 6.04 Å². The largest absolute Gasteiger partial charge is 0.484 e. The molecule has 0 radical (unpaired) electrons. The third-order valence-electron chi connectivity index (χ3n) is 4.28. The zero-order valence-electron chi connectivity index (χ0n) is 19.5. The molecule has 0 fully saturated rings. The fraction of sp³-hybridized carbons (Fsp3) is 0.348. The molecule has 0 atom stereocenters. The second-order valence-corrected chi connectivity index (χ2v) is 9.90. The van der Waals surface area contributed by atoms with E-state index in [1.165, 1.54) is 6.21 Å². The Kier molecular flexibility index (Phi) is 8.98. The van der Waals surface area contributed by atoms with E-state index in [4.69, 9.17) is 4.74 Å². The van der Waals surface area contributed by atoms with Crippen LogP contribution < -0.4 is 19.8 Å². The van der Waals surface area contributed by atoms with Gasteiger partial charge in [-0.3, -0.25) is 13.9 Å². The Morgan fingerprint density at radius 1 is 1.06 bits per heavy atom. The number of nitrogens with zero attached hydrogens (tertiary/aromatic N) is 2. The highest BCUT2D eigenvalue weighted by Gasteiger charge is 2.21. The third kappa shape index (κ3) is 8.93. The smallest absolute Gasteiger partial charge is 0.260 e. The van der Waals surface area contributed by atoms with E-state index in [-0.39, 0.29) is 18.6 Å². The summed E-state index contributed by atoms with van der Waals surface area (Å²) < 4.78 is 30.9. The number of nitrogens with one attached hydrogen (secondary N) is 2. The van der Waals surface area contributed by atoms with Crippen molar-refractivity contribution in [2.45, 2.75) is 33.7 Å². The quantitative estimate of drug-likeness (QED) is 0.404. The number of sulfonamides is 1. The first-order chi connectivity index (χ1) is 15.4. The number of carbonyl (C=O) groups is 2. The van der Waals surface area contributed by atoms with E-state index >= 15 is 0 Å². The molecule has 9 nitrogen and oxygen atoms in total. The van der Waals surface area contributed by atoms with Gasteiger partial charge in [0.15, 0.2) is 6.61 Å².